The average Bonchev–Trinajstić information content (AvgIpc) is 3.45. The Morgan fingerprint density at radius 3 is 2.65 bits per heavy atom. The highest BCUT2D eigenvalue weighted by Gasteiger charge is 2.27. The monoisotopic (exact) mass is 422 g/mol. The third-order valence-electron chi connectivity index (χ3n) is 7.07. The molecule has 1 aliphatic carbocycles. The van der Waals surface area contributed by atoms with E-state index in [0.29, 0.717) is 5.92 Å². The number of likely N-dealkylation sites (tertiary alicyclic amines) is 1. The summed E-state index contributed by atoms with van der Waals surface area (Å²) >= 11 is 0. The molecule has 31 heavy (non-hydrogen) atoms. The molecule has 6 nitrogen and oxygen atoms in total. The molecule has 1 atom stereocenters. The highest BCUT2D eigenvalue weighted by Crippen LogP contribution is 2.27. The molecular formula is C25H38N6. The van der Waals surface area contributed by atoms with Crippen molar-refractivity contribution < 1.29 is 0 Å². The van der Waals surface area contributed by atoms with Gasteiger partial charge in [0.2, 0.25) is 0 Å². The molecule has 0 spiro atoms. The summed E-state index contributed by atoms with van der Waals surface area (Å²) in [5.41, 5.74) is 4.12. The summed E-state index contributed by atoms with van der Waals surface area (Å²) in [4.78, 5) is 9.53. The lowest BCUT2D eigenvalue weighted by Crippen LogP contribution is -2.39. The Morgan fingerprint density at radius 2 is 1.94 bits per heavy atom. The minimum atomic E-state index is 0.531. The van der Waals surface area contributed by atoms with Gasteiger partial charge in [-0.05, 0) is 43.0 Å². The van der Waals surface area contributed by atoms with Crippen molar-refractivity contribution in [3.8, 4) is 0 Å². The van der Waals surface area contributed by atoms with Crippen LogP contribution < -0.4 is 5.32 Å². The minimum absolute atomic E-state index is 0.531. The molecule has 1 unspecified atom stereocenters. The molecule has 2 heterocycles. The molecule has 1 aliphatic heterocycles. The van der Waals surface area contributed by atoms with Crippen molar-refractivity contribution in [2.75, 3.05) is 27.2 Å². The van der Waals surface area contributed by atoms with E-state index in [2.05, 4.69) is 62.7 Å². The molecule has 1 saturated carbocycles. The van der Waals surface area contributed by atoms with Crippen molar-refractivity contribution in [3.63, 3.8) is 0 Å². The zero-order valence-corrected chi connectivity index (χ0v) is 19.4. The predicted octanol–water partition coefficient (Wildman–Crippen LogP) is 3.75. The highest BCUT2D eigenvalue weighted by atomic mass is 15.3. The van der Waals surface area contributed by atoms with Crippen LogP contribution in [0.2, 0.25) is 0 Å². The zero-order chi connectivity index (χ0) is 21.6. The molecule has 1 N–H and O–H groups in total. The third-order valence-corrected chi connectivity index (χ3v) is 7.07. The Balaban J connectivity index is 1.35. The fourth-order valence-electron chi connectivity index (χ4n) is 5.19. The van der Waals surface area contributed by atoms with E-state index < -0.39 is 0 Å². The highest BCUT2D eigenvalue weighted by molar-refractivity contribution is 5.80. The van der Waals surface area contributed by atoms with Crippen molar-refractivity contribution in [2.45, 2.75) is 63.6 Å². The smallest absolute Gasteiger partial charge is 0.193 e. The topological polar surface area (TPSA) is 48.7 Å². The van der Waals surface area contributed by atoms with E-state index in [1.54, 1.807) is 0 Å². The van der Waals surface area contributed by atoms with Crippen molar-refractivity contribution in [2.24, 2.45) is 12.0 Å². The van der Waals surface area contributed by atoms with Crippen LogP contribution in [-0.2, 0) is 20.1 Å². The Kier molecular flexibility index (Phi) is 7.28. The lowest BCUT2D eigenvalue weighted by atomic mass is 9.94. The molecule has 0 bridgehead atoms. The fourth-order valence-corrected chi connectivity index (χ4v) is 5.19. The maximum absolute atomic E-state index is 4.58. The molecule has 1 saturated heterocycles. The first kappa shape index (κ1) is 21.9. The molecular weight excluding hydrogens is 384 g/mol. The van der Waals surface area contributed by atoms with Crippen molar-refractivity contribution in [1.29, 1.82) is 0 Å². The fraction of sp³-hybridized carbons (Fsp3) is 0.600. The molecule has 2 aliphatic rings. The lowest BCUT2D eigenvalue weighted by Gasteiger charge is -2.31. The number of aromatic nitrogens is 2. The molecule has 6 heteroatoms. The van der Waals surface area contributed by atoms with Gasteiger partial charge in [0.25, 0.3) is 0 Å². The van der Waals surface area contributed by atoms with Gasteiger partial charge >= 0.3 is 0 Å². The van der Waals surface area contributed by atoms with Gasteiger partial charge in [0.05, 0.1) is 6.20 Å². The number of benzene rings is 1. The van der Waals surface area contributed by atoms with Gasteiger partial charge in [-0.25, -0.2) is 0 Å². The lowest BCUT2D eigenvalue weighted by molar-refractivity contribution is 0.184. The van der Waals surface area contributed by atoms with Crippen LogP contribution in [0.5, 0.6) is 0 Å². The second kappa shape index (κ2) is 10.3. The SMILES string of the molecule is CN=C(NCc1ccccc1CN(C)C1CCCCC1)N1CCC(c2cnn(C)c2)C1. The predicted molar refractivity (Wildman–Crippen MR) is 127 cm³/mol. The molecule has 168 valence electrons. The van der Waals surface area contributed by atoms with Gasteiger partial charge in [-0.15, -0.1) is 0 Å². The van der Waals surface area contributed by atoms with E-state index in [-0.39, 0.29) is 0 Å². The summed E-state index contributed by atoms with van der Waals surface area (Å²) in [6, 6.07) is 9.59. The minimum Gasteiger partial charge on any atom is -0.352 e. The van der Waals surface area contributed by atoms with E-state index in [4.69, 9.17) is 0 Å². The first-order chi connectivity index (χ1) is 15.1. The van der Waals surface area contributed by atoms with Gasteiger partial charge in [0, 0.05) is 58.4 Å². The van der Waals surface area contributed by atoms with Crippen LogP contribution in [0.1, 0.15) is 61.1 Å². The second-order valence-electron chi connectivity index (χ2n) is 9.26. The first-order valence-corrected chi connectivity index (χ1v) is 11.8. The normalized spacial score (nSPS) is 20.6. The number of aryl methyl sites for hydroxylation is 1. The number of hydrogen-bond acceptors (Lipinski definition) is 3. The Labute approximate surface area is 187 Å². The number of aliphatic imine (C=N–C) groups is 1. The van der Waals surface area contributed by atoms with Crippen LogP contribution in [0.3, 0.4) is 0 Å². The van der Waals surface area contributed by atoms with Crippen LogP contribution in [-0.4, -0.2) is 58.8 Å². The molecule has 0 radical (unpaired) electrons. The quantitative estimate of drug-likeness (QED) is 0.569. The van der Waals surface area contributed by atoms with Crippen LogP contribution in [0.4, 0.5) is 0 Å². The summed E-state index contributed by atoms with van der Waals surface area (Å²) in [5.74, 6) is 1.53. The summed E-state index contributed by atoms with van der Waals surface area (Å²) in [7, 11) is 6.17. The van der Waals surface area contributed by atoms with Crippen molar-refractivity contribution >= 4 is 5.96 Å². The second-order valence-corrected chi connectivity index (χ2v) is 9.26. The number of rotatable bonds is 6. The number of nitrogens with one attached hydrogen (secondary N) is 1. The molecule has 1 aromatic heterocycles. The number of nitrogens with zero attached hydrogens (tertiary/aromatic N) is 5. The van der Waals surface area contributed by atoms with Gasteiger partial charge < -0.3 is 10.2 Å². The van der Waals surface area contributed by atoms with E-state index in [0.717, 1.165) is 44.6 Å². The molecule has 4 rings (SSSR count). The Bertz CT molecular complexity index is 866. The Morgan fingerprint density at radius 1 is 1.16 bits per heavy atom. The van der Waals surface area contributed by atoms with Gasteiger partial charge in [0.15, 0.2) is 5.96 Å². The summed E-state index contributed by atoms with van der Waals surface area (Å²) in [5, 5.41) is 7.98. The number of hydrogen-bond donors (Lipinski definition) is 1. The van der Waals surface area contributed by atoms with Gasteiger partial charge in [0.1, 0.15) is 0 Å². The standard InChI is InChI=1S/C25H38N6/c1-26-25(31-14-13-22(19-31)23-16-28-30(3)18-23)27-15-20-9-7-8-10-21(20)17-29(2)24-11-5-4-6-12-24/h7-10,16,18,22,24H,4-6,11-15,17,19H2,1-3H3,(H,26,27). The number of guanidine groups is 1. The van der Waals surface area contributed by atoms with Crippen molar-refractivity contribution in [1.82, 2.24) is 24.9 Å². The zero-order valence-electron chi connectivity index (χ0n) is 19.4. The summed E-state index contributed by atoms with van der Waals surface area (Å²) < 4.78 is 1.90. The van der Waals surface area contributed by atoms with Crippen LogP contribution in [0.25, 0.3) is 0 Å². The van der Waals surface area contributed by atoms with Gasteiger partial charge in [-0.2, -0.15) is 5.10 Å². The maximum atomic E-state index is 4.58. The maximum Gasteiger partial charge on any atom is 0.193 e. The van der Waals surface area contributed by atoms with Crippen molar-refractivity contribution in [3.05, 3.63) is 53.3 Å². The van der Waals surface area contributed by atoms with Crippen LogP contribution in [0, 0.1) is 0 Å². The third kappa shape index (κ3) is 5.48. The molecule has 0 amide bonds. The average molecular weight is 423 g/mol. The van der Waals surface area contributed by atoms with E-state index in [1.165, 1.54) is 48.8 Å². The van der Waals surface area contributed by atoms with E-state index in [9.17, 15) is 0 Å². The molecule has 2 fully saturated rings. The van der Waals surface area contributed by atoms with Crippen LogP contribution >= 0.6 is 0 Å². The summed E-state index contributed by atoms with van der Waals surface area (Å²) in [6.45, 7) is 3.87. The van der Waals surface area contributed by atoms with Crippen LogP contribution in [0.15, 0.2) is 41.7 Å². The first-order valence-electron chi connectivity index (χ1n) is 11.8. The Hall–Kier alpha value is -2.34. The summed E-state index contributed by atoms with van der Waals surface area (Å²) in [6.07, 6.45) is 12.1. The largest absolute Gasteiger partial charge is 0.352 e. The molecule has 1 aromatic carbocycles. The van der Waals surface area contributed by atoms with Gasteiger partial charge in [-0.3, -0.25) is 14.6 Å². The molecule has 2 aromatic rings. The van der Waals surface area contributed by atoms with E-state index in [1.807, 2.05) is 25.0 Å². The van der Waals surface area contributed by atoms with Gasteiger partial charge in [-0.1, -0.05) is 43.5 Å². The van der Waals surface area contributed by atoms with E-state index >= 15 is 0 Å².